The first-order valence-corrected chi connectivity index (χ1v) is 8.00. The number of nitrogens with one attached hydrogen (secondary N) is 1. The van der Waals surface area contributed by atoms with E-state index in [-0.39, 0.29) is 0 Å². The largest absolute Gasteiger partial charge is 0.325 e. The van der Waals surface area contributed by atoms with Crippen molar-refractivity contribution in [2.24, 2.45) is 0 Å². The van der Waals surface area contributed by atoms with Crippen LogP contribution in [0.2, 0.25) is 0 Å². The predicted molar refractivity (Wildman–Crippen MR) is 80.4 cm³/mol. The Labute approximate surface area is 121 Å². The number of halogens is 1. The normalized spacial score (nSPS) is 23.3. The van der Waals surface area contributed by atoms with Crippen molar-refractivity contribution in [1.82, 2.24) is 14.9 Å². The van der Waals surface area contributed by atoms with Crippen molar-refractivity contribution in [1.29, 1.82) is 0 Å². The molecule has 1 unspecified atom stereocenters. The fourth-order valence-corrected chi connectivity index (χ4v) is 3.51. The Bertz CT molecular complexity index is 609. The average Bonchev–Trinajstić information content (AvgIpc) is 2.97. The van der Waals surface area contributed by atoms with Crippen LogP contribution in [0.1, 0.15) is 37.5 Å². The van der Waals surface area contributed by atoms with Gasteiger partial charge in [-0.1, -0.05) is 15.9 Å². The molecule has 1 aromatic carbocycles. The highest BCUT2D eigenvalue weighted by molar-refractivity contribution is 9.10. The van der Waals surface area contributed by atoms with E-state index in [9.17, 15) is 0 Å². The van der Waals surface area contributed by atoms with E-state index in [2.05, 4.69) is 44.0 Å². The molecule has 0 spiro atoms. The third-order valence-corrected chi connectivity index (χ3v) is 4.72. The molecule has 0 amide bonds. The second-order valence-electron chi connectivity index (χ2n) is 5.76. The molecule has 1 saturated heterocycles. The zero-order valence-electron chi connectivity index (χ0n) is 10.9. The molecule has 2 aliphatic rings. The lowest BCUT2D eigenvalue weighted by Crippen LogP contribution is -2.25. The van der Waals surface area contributed by atoms with Gasteiger partial charge in [-0.3, -0.25) is 0 Å². The number of aromatic nitrogens is 2. The molecule has 1 atom stereocenters. The van der Waals surface area contributed by atoms with Crippen LogP contribution in [0.15, 0.2) is 22.7 Å². The maximum Gasteiger partial charge on any atom is 0.111 e. The van der Waals surface area contributed by atoms with Crippen molar-refractivity contribution in [3.63, 3.8) is 0 Å². The quantitative estimate of drug-likeness (QED) is 0.939. The van der Waals surface area contributed by atoms with Crippen LogP contribution in [0, 0.1) is 0 Å². The molecule has 0 radical (unpaired) electrons. The number of fused-ring (bicyclic) bond motifs is 1. The average molecular weight is 320 g/mol. The van der Waals surface area contributed by atoms with Gasteiger partial charge in [0.2, 0.25) is 0 Å². The van der Waals surface area contributed by atoms with Gasteiger partial charge in [0, 0.05) is 23.0 Å². The number of benzene rings is 1. The van der Waals surface area contributed by atoms with E-state index in [0.29, 0.717) is 12.1 Å². The molecular formula is C15H18BrN3. The van der Waals surface area contributed by atoms with E-state index in [1.807, 2.05) is 0 Å². The third kappa shape index (κ3) is 2.21. The van der Waals surface area contributed by atoms with Crippen molar-refractivity contribution >= 4 is 27.0 Å². The fourth-order valence-electron chi connectivity index (χ4n) is 3.16. The van der Waals surface area contributed by atoms with Crippen LogP contribution in [0.3, 0.4) is 0 Å². The van der Waals surface area contributed by atoms with E-state index in [1.54, 1.807) is 0 Å². The highest BCUT2D eigenvalue weighted by atomic mass is 79.9. The second-order valence-corrected chi connectivity index (χ2v) is 6.68. The van der Waals surface area contributed by atoms with E-state index in [0.717, 1.165) is 16.4 Å². The maximum absolute atomic E-state index is 4.89. The number of imidazole rings is 1. The summed E-state index contributed by atoms with van der Waals surface area (Å²) in [6, 6.07) is 7.79. The first-order chi connectivity index (χ1) is 9.31. The van der Waals surface area contributed by atoms with Crippen LogP contribution in [0.5, 0.6) is 0 Å². The van der Waals surface area contributed by atoms with Gasteiger partial charge in [-0.2, -0.15) is 0 Å². The van der Waals surface area contributed by atoms with Gasteiger partial charge in [0.1, 0.15) is 5.82 Å². The SMILES string of the molecule is Brc1ccc2c(c1)nc(CC1CCCN1)n2C1CC1. The molecule has 1 saturated carbocycles. The summed E-state index contributed by atoms with van der Waals surface area (Å²) < 4.78 is 3.60. The van der Waals surface area contributed by atoms with E-state index < -0.39 is 0 Å². The van der Waals surface area contributed by atoms with Gasteiger partial charge in [-0.05, 0) is 50.4 Å². The van der Waals surface area contributed by atoms with Crippen LogP contribution >= 0.6 is 15.9 Å². The van der Waals surface area contributed by atoms with Crippen molar-refractivity contribution in [2.45, 2.75) is 44.2 Å². The van der Waals surface area contributed by atoms with Crippen LogP contribution in [-0.4, -0.2) is 22.1 Å². The fraction of sp³-hybridized carbons (Fsp3) is 0.533. The molecule has 100 valence electrons. The van der Waals surface area contributed by atoms with Gasteiger partial charge in [-0.25, -0.2) is 4.98 Å². The van der Waals surface area contributed by atoms with Gasteiger partial charge in [0.25, 0.3) is 0 Å². The summed E-state index contributed by atoms with van der Waals surface area (Å²) in [7, 11) is 0. The number of rotatable bonds is 3. The summed E-state index contributed by atoms with van der Waals surface area (Å²) in [5.41, 5.74) is 2.44. The molecule has 0 bridgehead atoms. The second kappa shape index (κ2) is 4.60. The Morgan fingerprint density at radius 2 is 2.21 bits per heavy atom. The summed E-state index contributed by atoms with van der Waals surface area (Å²) in [6.45, 7) is 1.17. The Morgan fingerprint density at radius 1 is 1.32 bits per heavy atom. The summed E-state index contributed by atoms with van der Waals surface area (Å²) in [4.78, 5) is 4.89. The van der Waals surface area contributed by atoms with E-state index in [1.165, 1.54) is 43.6 Å². The molecular weight excluding hydrogens is 302 g/mol. The summed E-state index contributed by atoms with van der Waals surface area (Å²) in [6.07, 6.45) is 6.29. The lowest BCUT2D eigenvalue weighted by molar-refractivity contribution is 0.562. The zero-order chi connectivity index (χ0) is 12.8. The van der Waals surface area contributed by atoms with Gasteiger partial charge in [0.15, 0.2) is 0 Å². The number of hydrogen-bond donors (Lipinski definition) is 1. The van der Waals surface area contributed by atoms with Crippen LogP contribution in [-0.2, 0) is 6.42 Å². The maximum atomic E-state index is 4.89. The van der Waals surface area contributed by atoms with Crippen LogP contribution < -0.4 is 5.32 Å². The Kier molecular flexibility index (Phi) is 2.88. The van der Waals surface area contributed by atoms with E-state index in [4.69, 9.17) is 4.98 Å². The van der Waals surface area contributed by atoms with Crippen LogP contribution in [0.4, 0.5) is 0 Å². The monoisotopic (exact) mass is 319 g/mol. The molecule has 2 aromatic rings. The molecule has 1 aliphatic carbocycles. The molecule has 4 rings (SSSR count). The molecule has 19 heavy (non-hydrogen) atoms. The summed E-state index contributed by atoms with van der Waals surface area (Å²) in [5, 5.41) is 3.58. The minimum Gasteiger partial charge on any atom is -0.325 e. The summed E-state index contributed by atoms with van der Waals surface area (Å²) >= 11 is 3.55. The molecule has 2 heterocycles. The van der Waals surface area contributed by atoms with Crippen molar-refractivity contribution in [3.05, 3.63) is 28.5 Å². The van der Waals surface area contributed by atoms with Crippen molar-refractivity contribution < 1.29 is 0 Å². The predicted octanol–water partition coefficient (Wildman–Crippen LogP) is 3.43. The molecule has 1 N–H and O–H groups in total. The molecule has 1 aliphatic heterocycles. The topological polar surface area (TPSA) is 29.9 Å². The van der Waals surface area contributed by atoms with Crippen LogP contribution in [0.25, 0.3) is 11.0 Å². The van der Waals surface area contributed by atoms with Gasteiger partial charge >= 0.3 is 0 Å². The lowest BCUT2D eigenvalue weighted by atomic mass is 10.1. The minimum absolute atomic E-state index is 0.623. The smallest absolute Gasteiger partial charge is 0.111 e. The molecule has 4 heteroatoms. The van der Waals surface area contributed by atoms with Gasteiger partial charge in [-0.15, -0.1) is 0 Å². The summed E-state index contributed by atoms with van der Waals surface area (Å²) in [5.74, 6) is 1.27. The zero-order valence-corrected chi connectivity index (χ0v) is 12.5. The molecule has 2 fully saturated rings. The van der Waals surface area contributed by atoms with Gasteiger partial charge in [0.05, 0.1) is 11.0 Å². The number of nitrogens with zero attached hydrogens (tertiary/aromatic N) is 2. The number of hydrogen-bond acceptors (Lipinski definition) is 2. The third-order valence-electron chi connectivity index (χ3n) is 4.23. The van der Waals surface area contributed by atoms with E-state index >= 15 is 0 Å². The first-order valence-electron chi connectivity index (χ1n) is 7.21. The van der Waals surface area contributed by atoms with Crippen molar-refractivity contribution in [2.75, 3.05) is 6.54 Å². The highest BCUT2D eigenvalue weighted by Gasteiger charge is 2.29. The Balaban J connectivity index is 1.77. The lowest BCUT2D eigenvalue weighted by Gasteiger charge is -2.12. The Hall–Kier alpha value is -0.870. The van der Waals surface area contributed by atoms with Crippen molar-refractivity contribution in [3.8, 4) is 0 Å². The first kappa shape index (κ1) is 11.9. The van der Waals surface area contributed by atoms with Gasteiger partial charge < -0.3 is 9.88 Å². The Morgan fingerprint density at radius 3 is 2.95 bits per heavy atom. The highest BCUT2D eigenvalue weighted by Crippen LogP contribution is 2.39. The standard InChI is InChI=1S/C15H18BrN3/c16-10-3-6-14-13(8-10)18-15(19(14)12-4-5-12)9-11-2-1-7-17-11/h3,6,8,11-12,17H,1-2,4-5,7,9H2. The molecule has 3 nitrogen and oxygen atoms in total. The minimum atomic E-state index is 0.623. The molecule has 1 aromatic heterocycles.